The Bertz CT molecular complexity index is 1100. The Morgan fingerprint density at radius 1 is 1.12 bits per heavy atom. The van der Waals surface area contributed by atoms with Crippen LogP contribution in [0.5, 0.6) is 5.75 Å². The zero-order chi connectivity index (χ0) is 24.3. The number of carbonyl (C=O) groups is 2. The Balaban J connectivity index is 1.45. The van der Waals surface area contributed by atoms with Crippen LogP contribution in [0.2, 0.25) is 5.02 Å². The molecule has 0 spiro atoms. The van der Waals surface area contributed by atoms with Crippen LogP contribution in [-0.2, 0) is 20.8 Å². The fourth-order valence-electron chi connectivity index (χ4n) is 3.89. The second kappa shape index (κ2) is 10.1. The molecule has 2 amide bonds. The maximum atomic E-state index is 12.8. The molecule has 0 bridgehead atoms. The quantitative estimate of drug-likeness (QED) is 0.465. The van der Waals surface area contributed by atoms with Gasteiger partial charge in [-0.1, -0.05) is 29.8 Å². The van der Waals surface area contributed by atoms with Crippen molar-refractivity contribution in [2.45, 2.75) is 32.8 Å². The Labute approximate surface area is 204 Å². The number of hydrogen-bond donors (Lipinski definition) is 0. The first-order valence-electron chi connectivity index (χ1n) is 11.3. The number of fused-ring (bicyclic) bond motifs is 1. The maximum absolute atomic E-state index is 12.8. The van der Waals surface area contributed by atoms with E-state index in [9.17, 15) is 9.59 Å². The van der Waals surface area contributed by atoms with Gasteiger partial charge in [0.15, 0.2) is 5.75 Å². The lowest BCUT2D eigenvalue weighted by Crippen LogP contribution is -2.51. The molecule has 0 atom stereocenters. The highest BCUT2D eigenvalue weighted by Gasteiger charge is 2.27. The summed E-state index contributed by atoms with van der Waals surface area (Å²) in [5, 5.41) is 0.480. The van der Waals surface area contributed by atoms with Gasteiger partial charge in [-0.15, -0.1) is 0 Å². The molecule has 34 heavy (non-hydrogen) atoms. The molecule has 0 N–H and O–H groups in total. The van der Waals surface area contributed by atoms with Crippen LogP contribution in [0.15, 0.2) is 36.4 Å². The Morgan fingerprint density at radius 2 is 1.85 bits per heavy atom. The van der Waals surface area contributed by atoms with Crippen LogP contribution in [0, 0.1) is 6.07 Å². The number of nitrogens with zero attached hydrogens (tertiary/aromatic N) is 2. The summed E-state index contributed by atoms with van der Waals surface area (Å²) in [6, 6.07) is 12.5. The Morgan fingerprint density at radius 3 is 2.59 bits per heavy atom. The zero-order valence-corrected chi connectivity index (χ0v) is 20.4. The van der Waals surface area contributed by atoms with Crippen molar-refractivity contribution >= 4 is 29.7 Å². The molecule has 7 nitrogen and oxygen atoms in total. The maximum Gasteiger partial charge on any atom is 0.410 e. The third-order valence-corrected chi connectivity index (χ3v) is 5.88. The van der Waals surface area contributed by atoms with Crippen molar-refractivity contribution in [2.24, 2.45) is 0 Å². The molecule has 8 heteroatoms. The smallest absolute Gasteiger partial charge is 0.410 e. The number of hydrogen-bond acceptors (Lipinski definition) is 5. The SMILES string of the molecule is CC(C)(C)OC(=O)N1CCN(C(=O)/C=C/c2cc[c]c(Cl)c2-c2ccc3c(c2)CCOO3)CC1. The number of halogens is 1. The number of amides is 2. The lowest BCUT2D eigenvalue weighted by atomic mass is 9.96. The van der Waals surface area contributed by atoms with Gasteiger partial charge in [-0.05, 0) is 50.1 Å². The van der Waals surface area contributed by atoms with Gasteiger partial charge in [0.1, 0.15) is 5.60 Å². The Kier molecular flexibility index (Phi) is 7.14. The predicted octanol–water partition coefficient (Wildman–Crippen LogP) is 4.77. The number of ether oxygens (including phenoxy) is 1. The van der Waals surface area contributed by atoms with Crippen molar-refractivity contribution < 1.29 is 24.1 Å². The number of benzene rings is 2. The van der Waals surface area contributed by atoms with Crippen molar-refractivity contribution in [3.63, 3.8) is 0 Å². The van der Waals surface area contributed by atoms with Gasteiger partial charge in [-0.2, -0.15) is 4.89 Å². The van der Waals surface area contributed by atoms with Crippen LogP contribution in [0.4, 0.5) is 4.79 Å². The zero-order valence-electron chi connectivity index (χ0n) is 19.6. The minimum Gasteiger partial charge on any atom is -0.444 e. The van der Waals surface area contributed by atoms with Crippen LogP contribution in [0.1, 0.15) is 31.9 Å². The molecule has 2 heterocycles. The van der Waals surface area contributed by atoms with Crippen LogP contribution in [0.3, 0.4) is 0 Å². The minimum atomic E-state index is -0.544. The van der Waals surface area contributed by atoms with Crippen molar-refractivity contribution in [1.29, 1.82) is 0 Å². The van der Waals surface area contributed by atoms with Gasteiger partial charge in [-0.25, -0.2) is 4.79 Å². The second-order valence-corrected chi connectivity index (χ2v) is 9.60. The number of rotatable bonds is 3. The first-order chi connectivity index (χ1) is 16.2. The van der Waals surface area contributed by atoms with Crippen LogP contribution >= 0.6 is 11.6 Å². The molecule has 4 rings (SSSR count). The average molecular weight is 484 g/mol. The largest absolute Gasteiger partial charge is 0.444 e. The van der Waals surface area contributed by atoms with Crippen LogP contribution in [-0.4, -0.2) is 60.2 Å². The third kappa shape index (κ3) is 5.72. The molecule has 179 valence electrons. The highest BCUT2D eigenvalue weighted by atomic mass is 35.5. The average Bonchev–Trinajstić information content (AvgIpc) is 2.81. The lowest BCUT2D eigenvalue weighted by molar-refractivity contribution is -0.215. The van der Waals surface area contributed by atoms with Crippen molar-refractivity contribution in [3.05, 3.63) is 58.6 Å². The van der Waals surface area contributed by atoms with E-state index in [1.165, 1.54) is 0 Å². The van der Waals surface area contributed by atoms with E-state index in [1.807, 2.05) is 45.0 Å². The van der Waals surface area contributed by atoms with E-state index in [2.05, 4.69) is 6.07 Å². The second-order valence-electron chi connectivity index (χ2n) is 9.23. The molecule has 0 aliphatic carbocycles. The van der Waals surface area contributed by atoms with E-state index in [-0.39, 0.29) is 12.0 Å². The van der Waals surface area contributed by atoms with Gasteiger partial charge in [0.2, 0.25) is 5.91 Å². The van der Waals surface area contributed by atoms with E-state index in [0.717, 1.165) is 28.7 Å². The highest BCUT2D eigenvalue weighted by Crippen LogP contribution is 2.35. The van der Waals surface area contributed by atoms with Gasteiger partial charge in [0, 0.05) is 55.9 Å². The van der Waals surface area contributed by atoms with Gasteiger partial charge < -0.3 is 19.4 Å². The summed E-state index contributed by atoms with van der Waals surface area (Å²) in [4.78, 5) is 38.7. The Hall–Kier alpha value is -3.03. The predicted molar refractivity (Wildman–Crippen MR) is 129 cm³/mol. The highest BCUT2D eigenvalue weighted by molar-refractivity contribution is 6.33. The molecule has 1 fully saturated rings. The molecule has 1 radical (unpaired) electrons. The summed E-state index contributed by atoms with van der Waals surface area (Å²) < 4.78 is 5.42. The number of carbonyl (C=O) groups excluding carboxylic acids is 2. The number of piperazine rings is 1. The monoisotopic (exact) mass is 483 g/mol. The van der Waals surface area contributed by atoms with Gasteiger partial charge in [-0.3, -0.25) is 4.79 Å². The summed E-state index contributed by atoms with van der Waals surface area (Å²) >= 11 is 6.51. The van der Waals surface area contributed by atoms with Gasteiger partial charge in [0.25, 0.3) is 0 Å². The molecule has 2 aliphatic heterocycles. The van der Waals surface area contributed by atoms with E-state index in [1.54, 1.807) is 28.0 Å². The molecule has 0 aromatic heterocycles. The fourth-order valence-corrected chi connectivity index (χ4v) is 4.17. The van der Waals surface area contributed by atoms with E-state index in [4.69, 9.17) is 26.1 Å². The summed E-state index contributed by atoms with van der Waals surface area (Å²) in [5.41, 5.74) is 3.04. The van der Waals surface area contributed by atoms with E-state index in [0.29, 0.717) is 43.6 Å². The molecular weight excluding hydrogens is 456 g/mol. The first kappa shape index (κ1) is 24.1. The topological polar surface area (TPSA) is 68.3 Å². The van der Waals surface area contributed by atoms with Gasteiger partial charge in [0.05, 0.1) is 11.6 Å². The summed E-state index contributed by atoms with van der Waals surface area (Å²) in [7, 11) is 0. The normalized spacial score (nSPS) is 16.2. The molecule has 1 saturated heterocycles. The standard InChI is InChI=1S/C26H28ClN2O5/c1-26(2,3)33-25(31)29-14-12-28(13-15-29)23(30)10-8-18-5-4-6-21(27)24(18)20-7-9-22-19(17-20)11-16-32-34-22/h4-5,7-10,17H,11-16H2,1-3H3/b10-8+. The van der Waals surface area contributed by atoms with Crippen molar-refractivity contribution in [3.8, 4) is 16.9 Å². The molecule has 2 aromatic rings. The third-order valence-electron chi connectivity index (χ3n) is 5.58. The van der Waals surface area contributed by atoms with Gasteiger partial charge >= 0.3 is 6.09 Å². The summed E-state index contributed by atoms with van der Waals surface area (Å²) in [5.74, 6) is 0.582. The molecule has 0 saturated carbocycles. The summed E-state index contributed by atoms with van der Waals surface area (Å²) in [6.07, 6.45) is 3.72. The van der Waals surface area contributed by atoms with Crippen molar-refractivity contribution in [1.82, 2.24) is 9.80 Å². The fraction of sp³-hybridized carbons (Fsp3) is 0.385. The van der Waals surface area contributed by atoms with E-state index >= 15 is 0 Å². The summed E-state index contributed by atoms with van der Waals surface area (Å²) in [6.45, 7) is 7.78. The molecule has 0 unspecified atom stereocenters. The van der Waals surface area contributed by atoms with Crippen molar-refractivity contribution in [2.75, 3.05) is 32.8 Å². The first-order valence-corrected chi connectivity index (χ1v) is 11.7. The molecule has 2 aliphatic rings. The van der Waals surface area contributed by atoms with E-state index < -0.39 is 5.60 Å². The minimum absolute atomic E-state index is 0.116. The molecule has 2 aromatic carbocycles. The van der Waals surface area contributed by atoms with Crippen LogP contribution in [0.25, 0.3) is 17.2 Å². The van der Waals surface area contributed by atoms with Crippen LogP contribution < -0.4 is 4.89 Å². The molecular formula is C26H28ClN2O5. The lowest BCUT2D eigenvalue weighted by Gasteiger charge is -2.35.